The summed E-state index contributed by atoms with van der Waals surface area (Å²) in [6.45, 7) is 4.21. The molecule has 25 heavy (non-hydrogen) atoms. The summed E-state index contributed by atoms with van der Waals surface area (Å²) in [6, 6.07) is 19.2. The number of rotatable bonds is 4. The van der Waals surface area contributed by atoms with Gasteiger partial charge in [0, 0.05) is 37.9 Å². The van der Waals surface area contributed by atoms with E-state index < -0.39 is 0 Å². The molecule has 0 aliphatic carbocycles. The van der Waals surface area contributed by atoms with Crippen molar-refractivity contribution in [3.63, 3.8) is 0 Å². The Bertz CT molecular complexity index is 706. The van der Waals surface area contributed by atoms with Crippen LogP contribution in [0.25, 0.3) is 0 Å². The molecule has 0 aromatic heterocycles. The van der Waals surface area contributed by atoms with E-state index in [9.17, 15) is 4.79 Å². The van der Waals surface area contributed by atoms with Gasteiger partial charge in [0.25, 0.3) is 0 Å². The van der Waals surface area contributed by atoms with Crippen LogP contribution in [0.2, 0.25) is 0 Å². The Morgan fingerprint density at radius 3 is 2.40 bits per heavy atom. The quantitative estimate of drug-likeness (QED) is 0.933. The number of nitrogens with zero attached hydrogens (tertiary/aromatic N) is 2. The van der Waals surface area contributed by atoms with Crippen molar-refractivity contribution < 1.29 is 4.79 Å². The number of benzene rings is 2. The molecule has 4 heteroatoms. The normalized spacial score (nSPS) is 20.3. The van der Waals surface area contributed by atoms with Gasteiger partial charge in [-0.1, -0.05) is 42.5 Å². The number of carbonyl (C=O) groups is 1. The average molecular weight is 335 g/mol. The van der Waals surface area contributed by atoms with Crippen molar-refractivity contribution in [2.45, 2.75) is 32.0 Å². The highest BCUT2D eigenvalue weighted by molar-refractivity contribution is 5.78. The summed E-state index contributed by atoms with van der Waals surface area (Å²) in [5, 5.41) is 3.25. The molecule has 2 heterocycles. The molecule has 2 aliphatic heterocycles. The minimum atomic E-state index is 0.146. The highest BCUT2D eigenvalue weighted by Gasteiger charge is 2.24. The molecule has 1 atom stereocenters. The maximum absolute atomic E-state index is 12.5. The molecule has 2 aromatic carbocycles. The van der Waals surface area contributed by atoms with Crippen molar-refractivity contribution in [2.75, 3.05) is 24.5 Å². The molecule has 4 rings (SSSR count). The average Bonchev–Trinajstić information content (AvgIpc) is 3.04. The zero-order chi connectivity index (χ0) is 17.1. The fourth-order valence-corrected chi connectivity index (χ4v) is 3.96. The Hall–Kier alpha value is -2.33. The Labute approximate surface area is 149 Å². The number of amides is 1. The van der Waals surface area contributed by atoms with E-state index in [1.807, 2.05) is 6.07 Å². The molecule has 0 unspecified atom stereocenters. The SMILES string of the molecule is O=C(CN1Cc2ccccc2C1)N[C@@H]1CCCN(c2ccccc2)C1. The van der Waals surface area contributed by atoms with Crippen molar-refractivity contribution in [1.82, 2.24) is 10.2 Å². The molecule has 0 spiro atoms. The summed E-state index contributed by atoms with van der Waals surface area (Å²) >= 11 is 0. The summed E-state index contributed by atoms with van der Waals surface area (Å²) in [7, 11) is 0. The van der Waals surface area contributed by atoms with Gasteiger partial charge in [0.05, 0.1) is 6.54 Å². The maximum atomic E-state index is 12.5. The molecule has 1 fully saturated rings. The van der Waals surface area contributed by atoms with Crippen molar-refractivity contribution in [1.29, 1.82) is 0 Å². The molecule has 2 aromatic rings. The molecular formula is C21H25N3O. The third-order valence-corrected chi connectivity index (χ3v) is 5.18. The van der Waals surface area contributed by atoms with Crippen molar-refractivity contribution in [3.8, 4) is 0 Å². The Balaban J connectivity index is 1.29. The minimum Gasteiger partial charge on any atom is -0.369 e. The van der Waals surface area contributed by atoms with Gasteiger partial charge in [0.1, 0.15) is 0 Å². The highest BCUT2D eigenvalue weighted by atomic mass is 16.2. The predicted molar refractivity (Wildman–Crippen MR) is 100 cm³/mol. The number of nitrogens with one attached hydrogen (secondary N) is 1. The molecule has 1 N–H and O–H groups in total. The monoisotopic (exact) mass is 335 g/mol. The van der Waals surface area contributed by atoms with Crippen LogP contribution in [0.4, 0.5) is 5.69 Å². The molecule has 4 nitrogen and oxygen atoms in total. The summed E-state index contributed by atoms with van der Waals surface area (Å²) in [5.41, 5.74) is 3.95. The first-order valence-electron chi connectivity index (χ1n) is 9.16. The fourth-order valence-electron chi connectivity index (χ4n) is 3.96. The van der Waals surface area contributed by atoms with E-state index >= 15 is 0 Å². The second-order valence-electron chi connectivity index (χ2n) is 7.10. The van der Waals surface area contributed by atoms with E-state index in [0.717, 1.165) is 39.0 Å². The topological polar surface area (TPSA) is 35.6 Å². The molecule has 0 radical (unpaired) electrons. The van der Waals surface area contributed by atoms with Crippen molar-refractivity contribution >= 4 is 11.6 Å². The van der Waals surface area contributed by atoms with Gasteiger partial charge in [-0.15, -0.1) is 0 Å². The second kappa shape index (κ2) is 7.28. The molecular weight excluding hydrogens is 310 g/mol. The third kappa shape index (κ3) is 3.85. The van der Waals surface area contributed by atoms with E-state index in [2.05, 4.69) is 63.6 Å². The zero-order valence-electron chi connectivity index (χ0n) is 14.5. The highest BCUT2D eigenvalue weighted by Crippen LogP contribution is 2.22. The van der Waals surface area contributed by atoms with Crippen LogP contribution < -0.4 is 10.2 Å². The molecule has 1 saturated heterocycles. The summed E-state index contributed by atoms with van der Waals surface area (Å²) < 4.78 is 0. The van der Waals surface area contributed by atoms with Gasteiger partial charge < -0.3 is 10.2 Å². The fraction of sp³-hybridized carbons (Fsp3) is 0.381. The summed E-state index contributed by atoms with van der Waals surface area (Å²) in [4.78, 5) is 17.1. The zero-order valence-corrected chi connectivity index (χ0v) is 14.5. The lowest BCUT2D eigenvalue weighted by atomic mass is 10.0. The number of carbonyl (C=O) groups excluding carboxylic acids is 1. The predicted octanol–water partition coefficient (Wildman–Crippen LogP) is 2.79. The van der Waals surface area contributed by atoms with Crippen LogP contribution in [0.15, 0.2) is 54.6 Å². The number of piperidine rings is 1. The number of fused-ring (bicyclic) bond motifs is 1. The van der Waals surface area contributed by atoms with Crippen LogP contribution in [0.1, 0.15) is 24.0 Å². The van der Waals surface area contributed by atoms with Crippen LogP contribution in [-0.2, 0) is 17.9 Å². The van der Waals surface area contributed by atoms with Gasteiger partial charge in [0.2, 0.25) is 5.91 Å². The molecule has 1 amide bonds. The van der Waals surface area contributed by atoms with E-state index in [-0.39, 0.29) is 11.9 Å². The molecule has 2 aliphatic rings. The van der Waals surface area contributed by atoms with E-state index in [1.165, 1.54) is 16.8 Å². The van der Waals surface area contributed by atoms with E-state index in [0.29, 0.717) is 6.54 Å². The van der Waals surface area contributed by atoms with Crippen molar-refractivity contribution in [3.05, 3.63) is 65.7 Å². The van der Waals surface area contributed by atoms with E-state index in [1.54, 1.807) is 0 Å². The summed E-state index contributed by atoms with van der Waals surface area (Å²) in [6.07, 6.45) is 2.18. The van der Waals surface area contributed by atoms with Gasteiger partial charge in [-0.2, -0.15) is 0 Å². The van der Waals surface area contributed by atoms with Crippen LogP contribution >= 0.6 is 0 Å². The lowest BCUT2D eigenvalue weighted by Crippen LogP contribution is -2.49. The van der Waals surface area contributed by atoms with Gasteiger partial charge in [-0.05, 0) is 36.1 Å². The van der Waals surface area contributed by atoms with Gasteiger partial charge in [-0.25, -0.2) is 0 Å². The van der Waals surface area contributed by atoms with Crippen molar-refractivity contribution in [2.24, 2.45) is 0 Å². The van der Waals surface area contributed by atoms with E-state index in [4.69, 9.17) is 0 Å². The van der Waals surface area contributed by atoms with Gasteiger partial charge >= 0.3 is 0 Å². The molecule has 0 bridgehead atoms. The number of para-hydroxylation sites is 1. The largest absolute Gasteiger partial charge is 0.369 e. The second-order valence-corrected chi connectivity index (χ2v) is 7.10. The molecule has 0 saturated carbocycles. The maximum Gasteiger partial charge on any atom is 0.234 e. The summed E-state index contributed by atoms with van der Waals surface area (Å²) in [5.74, 6) is 0.146. The Morgan fingerprint density at radius 1 is 1.00 bits per heavy atom. The van der Waals surface area contributed by atoms with Crippen LogP contribution in [0, 0.1) is 0 Å². The lowest BCUT2D eigenvalue weighted by molar-refractivity contribution is -0.123. The first kappa shape index (κ1) is 16.2. The third-order valence-electron chi connectivity index (χ3n) is 5.18. The van der Waals surface area contributed by atoms with Crippen LogP contribution in [0.5, 0.6) is 0 Å². The number of anilines is 1. The Morgan fingerprint density at radius 2 is 1.68 bits per heavy atom. The first-order valence-corrected chi connectivity index (χ1v) is 9.16. The smallest absolute Gasteiger partial charge is 0.234 e. The Kier molecular flexibility index (Phi) is 4.70. The van der Waals surface area contributed by atoms with Crippen LogP contribution in [0.3, 0.4) is 0 Å². The number of hydrogen-bond acceptors (Lipinski definition) is 3. The first-order chi connectivity index (χ1) is 12.3. The van der Waals surface area contributed by atoms with Gasteiger partial charge in [0.15, 0.2) is 0 Å². The number of hydrogen-bond donors (Lipinski definition) is 1. The van der Waals surface area contributed by atoms with Crippen LogP contribution in [-0.4, -0.2) is 36.5 Å². The lowest BCUT2D eigenvalue weighted by Gasteiger charge is -2.35. The standard InChI is InChI=1S/C21H25N3O/c25-21(16-23-13-17-7-4-5-8-18(17)14-23)22-19-9-6-12-24(15-19)20-10-2-1-3-11-20/h1-5,7-8,10-11,19H,6,9,12-16H2,(H,22,25)/t19-/m1/s1. The molecule has 130 valence electrons. The van der Waals surface area contributed by atoms with Gasteiger partial charge in [-0.3, -0.25) is 9.69 Å². The minimum absolute atomic E-state index is 0.146.